The van der Waals surface area contributed by atoms with Gasteiger partial charge in [-0.25, -0.2) is 9.37 Å². The minimum Gasteiger partial charge on any atom is -0.455 e. The molecule has 1 amide bonds. The molecule has 1 heterocycles. The summed E-state index contributed by atoms with van der Waals surface area (Å²) in [5, 5.41) is 2.46. The number of thioether (sulfide) groups is 1. The summed E-state index contributed by atoms with van der Waals surface area (Å²) in [5.41, 5.74) is 1.20. The fourth-order valence-corrected chi connectivity index (χ4v) is 3.85. The van der Waals surface area contributed by atoms with Crippen LogP contribution in [0, 0.1) is 5.82 Å². The molecule has 3 rings (SSSR count). The van der Waals surface area contributed by atoms with E-state index in [1.165, 1.54) is 41.3 Å². The van der Waals surface area contributed by atoms with Crippen LogP contribution in [0.3, 0.4) is 0 Å². The molecule has 0 atom stereocenters. The lowest BCUT2D eigenvalue weighted by Crippen LogP contribution is -2.21. The van der Waals surface area contributed by atoms with E-state index in [1.807, 2.05) is 24.3 Å². The number of para-hydroxylation sites is 1. The third-order valence-electron chi connectivity index (χ3n) is 3.06. The lowest BCUT2D eigenvalue weighted by molar-refractivity contribution is -0.144. The number of amides is 1. The Hall–Kier alpha value is -2.45. The Kier molecular flexibility index (Phi) is 5.62. The van der Waals surface area contributed by atoms with Crippen LogP contribution in [0.2, 0.25) is 0 Å². The van der Waals surface area contributed by atoms with Crippen molar-refractivity contribution in [3.63, 3.8) is 0 Å². The largest absolute Gasteiger partial charge is 0.455 e. The monoisotopic (exact) mass is 376 g/mol. The summed E-state index contributed by atoms with van der Waals surface area (Å²) in [7, 11) is 0. The van der Waals surface area contributed by atoms with E-state index in [9.17, 15) is 14.0 Å². The smallest absolute Gasteiger partial charge is 0.316 e. The predicted octanol–water partition coefficient (Wildman–Crippen LogP) is 3.71. The number of benzene rings is 2. The maximum absolute atomic E-state index is 13.0. The molecular formula is C17H13FN2O3S2. The van der Waals surface area contributed by atoms with Gasteiger partial charge in [-0.15, -0.1) is 11.3 Å². The Morgan fingerprint density at radius 2 is 2.04 bits per heavy atom. The van der Waals surface area contributed by atoms with Crippen molar-refractivity contribution in [2.24, 2.45) is 0 Å². The van der Waals surface area contributed by atoms with Gasteiger partial charge in [-0.2, -0.15) is 0 Å². The summed E-state index contributed by atoms with van der Waals surface area (Å²) < 4.78 is 19.8. The predicted molar refractivity (Wildman–Crippen MR) is 96.3 cm³/mol. The maximum atomic E-state index is 13.0. The molecule has 3 aromatic rings. The average molecular weight is 376 g/mol. The van der Waals surface area contributed by atoms with Crippen molar-refractivity contribution in [2.45, 2.75) is 4.34 Å². The van der Waals surface area contributed by atoms with Gasteiger partial charge in [0.25, 0.3) is 5.91 Å². The molecule has 0 saturated heterocycles. The third kappa shape index (κ3) is 5.01. The van der Waals surface area contributed by atoms with Crippen LogP contribution < -0.4 is 5.32 Å². The van der Waals surface area contributed by atoms with Crippen LogP contribution in [0.1, 0.15) is 0 Å². The van der Waals surface area contributed by atoms with Gasteiger partial charge in [0.15, 0.2) is 10.9 Å². The second kappa shape index (κ2) is 8.09. The third-order valence-corrected chi connectivity index (χ3v) is 5.21. The normalized spacial score (nSPS) is 10.6. The number of hydrogen-bond donors (Lipinski definition) is 1. The van der Waals surface area contributed by atoms with Crippen molar-refractivity contribution >= 4 is 50.9 Å². The van der Waals surface area contributed by atoms with Crippen molar-refractivity contribution in [1.82, 2.24) is 4.98 Å². The summed E-state index contributed by atoms with van der Waals surface area (Å²) >= 11 is 2.76. The molecule has 25 heavy (non-hydrogen) atoms. The van der Waals surface area contributed by atoms with Gasteiger partial charge >= 0.3 is 5.97 Å². The Morgan fingerprint density at radius 1 is 1.20 bits per heavy atom. The number of rotatable bonds is 6. The first-order valence-electron chi connectivity index (χ1n) is 7.29. The highest BCUT2D eigenvalue weighted by molar-refractivity contribution is 8.01. The summed E-state index contributed by atoms with van der Waals surface area (Å²) in [6, 6.07) is 13.2. The highest BCUT2D eigenvalue weighted by Gasteiger charge is 2.11. The number of anilines is 1. The molecule has 8 heteroatoms. The molecule has 0 bridgehead atoms. The topological polar surface area (TPSA) is 68.3 Å². The van der Waals surface area contributed by atoms with E-state index in [-0.39, 0.29) is 5.75 Å². The lowest BCUT2D eigenvalue weighted by atomic mass is 10.3. The number of nitrogens with one attached hydrogen (secondary N) is 1. The molecule has 1 aromatic heterocycles. The number of nitrogens with zero attached hydrogens (tertiary/aromatic N) is 1. The summed E-state index contributed by atoms with van der Waals surface area (Å²) in [6.07, 6.45) is 0. The molecule has 0 unspecified atom stereocenters. The van der Waals surface area contributed by atoms with E-state index in [4.69, 9.17) is 4.74 Å². The Balaban J connectivity index is 1.43. The highest BCUT2D eigenvalue weighted by atomic mass is 32.2. The van der Waals surface area contributed by atoms with E-state index >= 15 is 0 Å². The van der Waals surface area contributed by atoms with Gasteiger partial charge in [-0.3, -0.25) is 9.59 Å². The first-order valence-corrected chi connectivity index (χ1v) is 9.10. The van der Waals surface area contributed by atoms with Crippen molar-refractivity contribution in [3.8, 4) is 0 Å². The van der Waals surface area contributed by atoms with Crippen LogP contribution in [0.15, 0.2) is 52.9 Å². The SMILES string of the molecule is O=C(COC(=O)CSc1nc2ccccc2s1)Nc1cccc(F)c1. The van der Waals surface area contributed by atoms with Crippen molar-refractivity contribution in [2.75, 3.05) is 17.7 Å². The lowest BCUT2D eigenvalue weighted by Gasteiger charge is -2.06. The number of thiazole rings is 1. The van der Waals surface area contributed by atoms with Gasteiger partial charge in [0.2, 0.25) is 0 Å². The molecule has 0 aliphatic rings. The number of carbonyl (C=O) groups excluding carboxylic acids is 2. The molecule has 0 aliphatic heterocycles. The van der Waals surface area contributed by atoms with E-state index in [0.29, 0.717) is 5.69 Å². The van der Waals surface area contributed by atoms with Crippen LogP contribution in [-0.2, 0) is 14.3 Å². The van der Waals surface area contributed by atoms with Gasteiger partial charge in [0.05, 0.1) is 16.0 Å². The van der Waals surface area contributed by atoms with Crippen molar-refractivity contribution in [1.29, 1.82) is 0 Å². The standard InChI is InChI=1S/C17H13FN2O3S2/c18-11-4-3-5-12(8-11)19-15(21)9-23-16(22)10-24-17-20-13-6-1-2-7-14(13)25-17/h1-8H,9-10H2,(H,19,21). The van der Waals surface area contributed by atoms with Crippen LogP contribution in [-0.4, -0.2) is 29.2 Å². The van der Waals surface area contributed by atoms with E-state index < -0.39 is 24.3 Å². The molecule has 0 spiro atoms. The van der Waals surface area contributed by atoms with E-state index in [2.05, 4.69) is 10.3 Å². The number of aromatic nitrogens is 1. The first kappa shape index (κ1) is 17.4. The van der Waals surface area contributed by atoms with Crippen molar-refractivity contribution < 1.29 is 18.7 Å². The molecule has 0 aliphatic carbocycles. The summed E-state index contributed by atoms with van der Waals surface area (Å²) in [4.78, 5) is 27.8. The molecule has 1 N–H and O–H groups in total. The Morgan fingerprint density at radius 3 is 2.84 bits per heavy atom. The van der Waals surface area contributed by atoms with Gasteiger partial charge in [-0.1, -0.05) is 30.0 Å². The van der Waals surface area contributed by atoms with E-state index in [1.54, 1.807) is 6.07 Å². The first-order chi connectivity index (χ1) is 12.1. The number of fused-ring (bicyclic) bond motifs is 1. The van der Waals surface area contributed by atoms with Gasteiger partial charge in [-0.05, 0) is 30.3 Å². The fourth-order valence-electron chi connectivity index (χ4n) is 1.98. The van der Waals surface area contributed by atoms with Gasteiger partial charge in [0.1, 0.15) is 5.82 Å². The number of hydrogen-bond acceptors (Lipinski definition) is 6. The molecule has 128 valence electrons. The minimum absolute atomic E-state index is 0.0626. The molecule has 2 aromatic carbocycles. The Labute approximate surface area is 151 Å². The van der Waals surface area contributed by atoms with Crippen LogP contribution in [0.25, 0.3) is 10.2 Å². The van der Waals surface area contributed by atoms with Gasteiger partial charge in [0, 0.05) is 5.69 Å². The average Bonchev–Trinajstić information content (AvgIpc) is 3.01. The van der Waals surface area contributed by atoms with Crippen LogP contribution in [0.5, 0.6) is 0 Å². The van der Waals surface area contributed by atoms with Crippen LogP contribution in [0.4, 0.5) is 10.1 Å². The molecule has 0 saturated carbocycles. The second-order valence-electron chi connectivity index (χ2n) is 4.96. The van der Waals surface area contributed by atoms with Crippen molar-refractivity contribution in [3.05, 3.63) is 54.3 Å². The number of ether oxygens (including phenoxy) is 1. The highest BCUT2D eigenvalue weighted by Crippen LogP contribution is 2.29. The molecule has 5 nitrogen and oxygen atoms in total. The van der Waals surface area contributed by atoms with Gasteiger partial charge < -0.3 is 10.1 Å². The van der Waals surface area contributed by atoms with E-state index in [0.717, 1.165) is 14.6 Å². The summed E-state index contributed by atoms with van der Waals surface area (Å²) in [6.45, 7) is -0.421. The number of carbonyl (C=O) groups is 2. The number of esters is 1. The molecule has 0 radical (unpaired) electrons. The number of halogens is 1. The fraction of sp³-hybridized carbons (Fsp3) is 0.118. The zero-order chi connectivity index (χ0) is 17.6. The van der Waals surface area contributed by atoms with Crippen LogP contribution >= 0.6 is 23.1 Å². The maximum Gasteiger partial charge on any atom is 0.316 e. The summed E-state index contributed by atoms with van der Waals surface area (Å²) in [5.74, 6) is -1.43. The molecule has 0 fully saturated rings. The zero-order valence-corrected chi connectivity index (χ0v) is 14.5. The molecular weight excluding hydrogens is 363 g/mol. The Bertz CT molecular complexity index is 881. The minimum atomic E-state index is -0.524. The quantitative estimate of drug-likeness (QED) is 0.525. The second-order valence-corrected chi connectivity index (χ2v) is 7.21. The zero-order valence-electron chi connectivity index (χ0n) is 12.9.